The monoisotopic (exact) mass is 1050 g/mol. The summed E-state index contributed by atoms with van der Waals surface area (Å²) in [5.74, 6) is 0.866. The smallest absolute Gasteiger partial charge is 0.503 e. The average Bonchev–Trinajstić information content (AvgIpc) is 4.11. The Morgan fingerprint density at radius 1 is 0.405 bits per heavy atom. The standard InChI is InChI=1S/C51H73BF2N2O18/c1-58-9-13-62-17-21-66-25-29-70-42-33-40(34-43(37-42)71-30-26-67-22-18-63-14-10-59-2)46-5-7-48(55-46)50(57)39-51(74-52(53)54)49-8-6-47(56-49)41-35-44(72-31-27-68-23-19-64-15-11-60-3)38-45(36-41)73-32-28-69-24-20-65-16-12-61-4/h5-8,33-39,55-56H,9-32H2,1-4H3/b51-39-. The summed E-state index contributed by atoms with van der Waals surface area (Å²) in [4.78, 5) is 20.0. The molecule has 4 rings (SSSR count). The highest BCUT2D eigenvalue weighted by Crippen LogP contribution is 2.33. The van der Waals surface area contributed by atoms with E-state index < -0.39 is 13.3 Å². The van der Waals surface area contributed by atoms with Crippen molar-refractivity contribution < 1.29 is 93.9 Å². The minimum absolute atomic E-state index is 0.106. The molecule has 0 saturated carbocycles. The first-order chi connectivity index (χ1) is 36.3. The lowest BCUT2D eigenvalue weighted by atomic mass is 10.1. The van der Waals surface area contributed by atoms with Crippen molar-refractivity contribution in [1.29, 1.82) is 0 Å². The Labute approximate surface area is 432 Å². The molecule has 412 valence electrons. The largest absolute Gasteiger partial charge is 0.796 e. The predicted molar refractivity (Wildman–Crippen MR) is 270 cm³/mol. The summed E-state index contributed by atoms with van der Waals surface area (Å²) in [5, 5.41) is 0. The minimum atomic E-state index is -3.24. The first kappa shape index (κ1) is 61.4. The SMILES string of the molecule is COCCOCCOCCOc1cc(OCCOCCOCCOC)cc(-c2ccc(C(=O)/C=C(\OB(F)F)c3ccc(-c4cc(OCCOCCOCCOC)cc(OCCOCCOCCOC)c4)[nH]3)[nH]2)c1. The number of carbonyl (C=O) groups is 1. The maximum Gasteiger partial charge on any atom is 0.796 e. The third-order valence-electron chi connectivity index (χ3n) is 9.96. The van der Waals surface area contributed by atoms with E-state index in [2.05, 4.69) is 9.97 Å². The topological polar surface area (TPSA) is 206 Å². The molecule has 0 bridgehead atoms. The van der Waals surface area contributed by atoms with Crippen LogP contribution in [-0.4, -0.2) is 210 Å². The van der Waals surface area contributed by atoms with Gasteiger partial charge in [0.1, 0.15) is 55.2 Å². The number of benzene rings is 2. The fourth-order valence-corrected chi connectivity index (χ4v) is 6.40. The molecule has 2 aromatic heterocycles. The molecule has 2 aromatic carbocycles. The van der Waals surface area contributed by atoms with Crippen LogP contribution in [0.25, 0.3) is 28.3 Å². The van der Waals surface area contributed by atoms with Crippen LogP contribution >= 0.6 is 0 Å². The van der Waals surface area contributed by atoms with E-state index >= 15 is 0 Å². The number of allylic oxidation sites excluding steroid dienone is 1. The fraction of sp³-hybridized carbons (Fsp3) is 0.549. The molecular formula is C51H73BF2N2O18. The summed E-state index contributed by atoms with van der Waals surface area (Å²) >= 11 is 0. The number of ketones is 1. The second kappa shape index (κ2) is 39.3. The van der Waals surface area contributed by atoms with Gasteiger partial charge in [-0.2, -0.15) is 0 Å². The molecular weight excluding hydrogens is 977 g/mol. The van der Waals surface area contributed by atoms with Crippen molar-refractivity contribution in [3.05, 3.63) is 78.1 Å². The molecule has 0 amide bonds. The Morgan fingerprint density at radius 2 is 0.689 bits per heavy atom. The maximum atomic E-state index is 14.0. The van der Waals surface area contributed by atoms with Gasteiger partial charge >= 0.3 is 7.47 Å². The zero-order valence-electron chi connectivity index (χ0n) is 43.0. The Balaban J connectivity index is 1.47. The van der Waals surface area contributed by atoms with Crippen LogP contribution in [0.2, 0.25) is 0 Å². The zero-order chi connectivity index (χ0) is 52.7. The maximum absolute atomic E-state index is 14.0. The second-order valence-electron chi connectivity index (χ2n) is 15.5. The van der Waals surface area contributed by atoms with Gasteiger partial charge in [-0.3, -0.25) is 4.79 Å². The van der Waals surface area contributed by atoms with Gasteiger partial charge in [0.15, 0.2) is 0 Å². The van der Waals surface area contributed by atoms with Crippen molar-refractivity contribution in [2.45, 2.75) is 0 Å². The Morgan fingerprint density at radius 3 is 1.00 bits per heavy atom. The number of aromatic nitrogens is 2. The number of hydrogen-bond donors (Lipinski definition) is 2. The number of hydrogen-bond acceptors (Lipinski definition) is 18. The molecule has 2 heterocycles. The molecule has 0 aliphatic rings. The van der Waals surface area contributed by atoms with Gasteiger partial charge in [-0.25, -0.2) is 8.63 Å². The number of methoxy groups -OCH3 is 4. The number of halogens is 2. The van der Waals surface area contributed by atoms with Gasteiger partial charge in [-0.15, -0.1) is 0 Å². The van der Waals surface area contributed by atoms with E-state index in [0.29, 0.717) is 178 Å². The number of carbonyl (C=O) groups excluding carboxylic acids is 1. The average molecular weight is 1050 g/mol. The number of nitrogens with one attached hydrogen (secondary N) is 2. The van der Waals surface area contributed by atoms with Gasteiger partial charge in [0, 0.05) is 69.2 Å². The molecule has 0 spiro atoms. The molecule has 0 unspecified atom stereocenters. The first-order valence-electron chi connectivity index (χ1n) is 24.3. The Kier molecular flexibility index (Phi) is 32.6. The van der Waals surface area contributed by atoms with Gasteiger partial charge in [0.05, 0.1) is 144 Å². The molecule has 20 nitrogen and oxygen atoms in total. The normalized spacial score (nSPS) is 11.6. The molecule has 0 atom stereocenters. The van der Waals surface area contributed by atoms with Crippen LogP contribution in [-0.2, 0) is 61.5 Å². The van der Waals surface area contributed by atoms with E-state index in [4.69, 9.17) is 80.4 Å². The molecule has 0 fully saturated rings. The zero-order valence-corrected chi connectivity index (χ0v) is 43.0. The van der Waals surface area contributed by atoms with Crippen molar-refractivity contribution in [2.24, 2.45) is 0 Å². The summed E-state index contributed by atoms with van der Waals surface area (Å²) in [6.07, 6.45) is 0.996. The summed E-state index contributed by atoms with van der Waals surface area (Å²) in [6.45, 7) is 9.17. The molecule has 0 aliphatic carbocycles. The first-order valence-corrected chi connectivity index (χ1v) is 24.3. The van der Waals surface area contributed by atoms with E-state index in [1.54, 1.807) is 83.0 Å². The summed E-state index contributed by atoms with van der Waals surface area (Å²) in [6, 6.07) is 17.0. The lowest BCUT2D eigenvalue weighted by Crippen LogP contribution is -2.13. The Hall–Kier alpha value is -5.15. The quantitative estimate of drug-likeness (QED) is 0.0169. The van der Waals surface area contributed by atoms with Crippen LogP contribution in [0.1, 0.15) is 16.2 Å². The minimum Gasteiger partial charge on any atom is -0.503 e. The third kappa shape index (κ3) is 26.4. The molecule has 23 heteroatoms. The number of ether oxygens (including phenoxy) is 16. The lowest BCUT2D eigenvalue weighted by Gasteiger charge is -2.13. The molecule has 0 saturated heterocycles. The molecule has 2 N–H and O–H groups in total. The van der Waals surface area contributed by atoms with Crippen LogP contribution in [0.15, 0.2) is 66.7 Å². The van der Waals surface area contributed by atoms with Gasteiger partial charge in [-0.05, 0) is 48.5 Å². The van der Waals surface area contributed by atoms with Crippen LogP contribution < -0.4 is 18.9 Å². The van der Waals surface area contributed by atoms with Crippen molar-refractivity contribution >= 4 is 19.0 Å². The third-order valence-corrected chi connectivity index (χ3v) is 9.96. The number of H-pyrrole nitrogens is 2. The van der Waals surface area contributed by atoms with Crippen LogP contribution in [0.5, 0.6) is 23.0 Å². The predicted octanol–water partition coefficient (Wildman–Crippen LogP) is 6.07. The second-order valence-corrected chi connectivity index (χ2v) is 15.5. The van der Waals surface area contributed by atoms with Crippen molar-refractivity contribution in [1.82, 2.24) is 9.97 Å². The lowest BCUT2D eigenvalue weighted by molar-refractivity contribution is 0.0174. The number of rotatable bonds is 47. The van der Waals surface area contributed by atoms with Crippen molar-refractivity contribution in [3.8, 4) is 45.5 Å². The van der Waals surface area contributed by atoms with Crippen molar-refractivity contribution in [3.63, 3.8) is 0 Å². The number of aromatic amines is 2. The molecule has 0 aliphatic heterocycles. The highest BCUT2D eigenvalue weighted by molar-refractivity contribution is 6.36. The highest BCUT2D eigenvalue weighted by atomic mass is 19.2. The van der Waals surface area contributed by atoms with Crippen LogP contribution in [0.3, 0.4) is 0 Å². The van der Waals surface area contributed by atoms with E-state index in [9.17, 15) is 13.4 Å². The summed E-state index contributed by atoms with van der Waals surface area (Å²) < 4.78 is 121. The van der Waals surface area contributed by atoms with Crippen molar-refractivity contribution in [2.75, 3.05) is 187 Å². The summed E-state index contributed by atoms with van der Waals surface area (Å²) in [5.41, 5.74) is 2.48. The van der Waals surface area contributed by atoms with Gasteiger partial charge in [0.2, 0.25) is 5.78 Å². The van der Waals surface area contributed by atoms with E-state index in [1.807, 2.05) is 0 Å². The highest BCUT2D eigenvalue weighted by Gasteiger charge is 2.23. The fourth-order valence-electron chi connectivity index (χ4n) is 6.40. The van der Waals surface area contributed by atoms with Gasteiger partial charge < -0.3 is 90.4 Å². The molecule has 74 heavy (non-hydrogen) atoms. The van der Waals surface area contributed by atoms with Gasteiger partial charge in [-0.1, -0.05) is 0 Å². The van der Waals surface area contributed by atoms with E-state index in [1.165, 1.54) is 6.07 Å². The van der Waals surface area contributed by atoms with E-state index in [0.717, 1.165) is 6.08 Å². The summed E-state index contributed by atoms with van der Waals surface area (Å²) in [7, 11) is 3.18. The molecule has 0 radical (unpaired) electrons. The van der Waals surface area contributed by atoms with E-state index in [-0.39, 0.29) is 43.6 Å². The van der Waals surface area contributed by atoms with Crippen LogP contribution in [0.4, 0.5) is 8.63 Å². The van der Waals surface area contributed by atoms with Crippen LogP contribution in [0, 0.1) is 0 Å². The molecule has 4 aromatic rings. The van der Waals surface area contributed by atoms with Gasteiger partial charge in [0.25, 0.3) is 0 Å². The Bertz CT molecular complexity index is 2030.